The zero-order valence-corrected chi connectivity index (χ0v) is 11.6. The first-order valence-corrected chi connectivity index (χ1v) is 7.15. The van der Waals surface area contributed by atoms with Gasteiger partial charge in [0.2, 0.25) is 0 Å². The number of halogens is 1. The topological polar surface area (TPSA) is 40.5 Å². The minimum absolute atomic E-state index is 0.0112. The average Bonchev–Trinajstić information content (AvgIpc) is 2.37. The van der Waals surface area contributed by atoms with Crippen molar-refractivity contribution in [3.63, 3.8) is 0 Å². The van der Waals surface area contributed by atoms with E-state index in [0.29, 0.717) is 0 Å². The maximum Gasteiger partial charge on any atom is 0.257 e. The van der Waals surface area contributed by atoms with Gasteiger partial charge >= 0.3 is 0 Å². The first kappa shape index (κ1) is 14.8. The zero-order chi connectivity index (χ0) is 13.7. The Bertz CT molecular complexity index is 425. The van der Waals surface area contributed by atoms with Gasteiger partial charge in [0.15, 0.2) is 0 Å². The molecular weight excluding hydrogens is 253 g/mol. The molecule has 18 heavy (non-hydrogen) atoms. The van der Waals surface area contributed by atoms with Crippen molar-refractivity contribution < 1.29 is 14.3 Å². The van der Waals surface area contributed by atoms with Gasteiger partial charge in [0, 0.05) is 18.8 Å². The summed E-state index contributed by atoms with van der Waals surface area (Å²) in [5.74, 6) is -0.253. The van der Waals surface area contributed by atoms with Crippen LogP contribution in [0.3, 0.4) is 0 Å². The molecule has 0 spiro atoms. The van der Waals surface area contributed by atoms with Crippen LogP contribution in [0, 0.1) is 5.82 Å². The first-order chi connectivity index (χ1) is 8.51. The number of hydrogen-bond acceptors (Lipinski definition) is 3. The number of amides is 1. The van der Waals surface area contributed by atoms with Crippen LogP contribution in [0.5, 0.6) is 5.75 Å². The molecule has 0 saturated carbocycles. The number of nitrogens with zero attached hydrogens (tertiary/aromatic N) is 1. The first-order valence-electron chi connectivity index (χ1n) is 5.75. The summed E-state index contributed by atoms with van der Waals surface area (Å²) in [6, 6.07) is 3.48. The van der Waals surface area contributed by atoms with Gasteiger partial charge in [-0.25, -0.2) is 4.39 Å². The van der Waals surface area contributed by atoms with Crippen LogP contribution in [-0.4, -0.2) is 41.0 Å². The van der Waals surface area contributed by atoms with Crippen molar-refractivity contribution in [3.8, 4) is 5.75 Å². The molecule has 0 aromatic heterocycles. The molecule has 1 atom stereocenters. The van der Waals surface area contributed by atoms with Gasteiger partial charge in [-0.2, -0.15) is 11.8 Å². The Hall–Kier alpha value is -1.23. The minimum Gasteiger partial charge on any atom is -0.507 e. The Morgan fingerprint density at radius 2 is 2.22 bits per heavy atom. The Kier molecular flexibility index (Phi) is 5.47. The Balaban J connectivity index is 2.95. The van der Waals surface area contributed by atoms with Crippen molar-refractivity contribution in [2.75, 3.05) is 19.1 Å². The van der Waals surface area contributed by atoms with Crippen LogP contribution in [0.15, 0.2) is 18.2 Å². The van der Waals surface area contributed by atoms with E-state index in [0.717, 1.165) is 24.3 Å². The van der Waals surface area contributed by atoms with Crippen LogP contribution in [0.2, 0.25) is 0 Å². The van der Waals surface area contributed by atoms with Crippen LogP contribution in [0.4, 0.5) is 4.39 Å². The van der Waals surface area contributed by atoms with Crippen LogP contribution < -0.4 is 0 Å². The SMILES string of the molecule is CCC(CSC)N(C)C(=O)c1cc(F)ccc1O. The molecule has 0 aliphatic heterocycles. The molecule has 1 aromatic rings. The van der Waals surface area contributed by atoms with Gasteiger partial charge in [-0.15, -0.1) is 0 Å². The second kappa shape index (κ2) is 6.64. The molecule has 0 fully saturated rings. The molecule has 3 nitrogen and oxygen atoms in total. The van der Waals surface area contributed by atoms with E-state index in [1.165, 1.54) is 6.07 Å². The predicted octanol–water partition coefficient (Wildman–Crippen LogP) is 2.74. The fourth-order valence-electron chi connectivity index (χ4n) is 1.73. The molecule has 5 heteroatoms. The second-order valence-electron chi connectivity index (χ2n) is 4.09. The largest absolute Gasteiger partial charge is 0.507 e. The Labute approximate surface area is 111 Å². The highest BCUT2D eigenvalue weighted by Gasteiger charge is 2.22. The van der Waals surface area contributed by atoms with Gasteiger partial charge in [-0.05, 0) is 30.9 Å². The number of carbonyl (C=O) groups is 1. The lowest BCUT2D eigenvalue weighted by molar-refractivity contribution is 0.0740. The Morgan fingerprint density at radius 1 is 1.56 bits per heavy atom. The third-order valence-corrected chi connectivity index (χ3v) is 3.61. The lowest BCUT2D eigenvalue weighted by Gasteiger charge is -2.27. The van der Waals surface area contributed by atoms with Gasteiger partial charge in [0.25, 0.3) is 5.91 Å². The van der Waals surface area contributed by atoms with Crippen LogP contribution in [0.1, 0.15) is 23.7 Å². The summed E-state index contributed by atoms with van der Waals surface area (Å²) in [4.78, 5) is 13.7. The highest BCUT2D eigenvalue weighted by Crippen LogP contribution is 2.21. The van der Waals surface area contributed by atoms with E-state index in [1.807, 2.05) is 13.2 Å². The molecular formula is C13H18FNO2S. The standard InChI is InChI=1S/C13H18FNO2S/c1-4-10(8-18-3)15(2)13(17)11-7-9(14)5-6-12(11)16/h5-7,10,16H,4,8H2,1-3H3. The monoisotopic (exact) mass is 271 g/mol. The number of benzene rings is 1. The van der Waals surface area contributed by atoms with Crippen molar-refractivity contribution in [2.45, 2.75) is 19.4 Å². The van der Waals surface area contributed by atoms with Gasteiger partial charge in [0.1, 0.15) is 11.6 Å². The molecule has 0 heterocycles. The number of aromatic hydroxyl groups is 1. The summed E-state index contributed by atoms with van der Waals surface area (Å²) in [6.45, 7) is 2.00. The van der Waals surface area contributed by atoms with Crippen molar-refractivity contribution in [1.29, 1.82) is 0 Å². The van der Waals surface area contributed by atoms with E-state index in [9.17, 15) is 14.3 Å². The Morgan fingerprint density at radius 3 is 2.78 bits per heavy atom. The lowest BCUT2D eigenvalue weighted by Crippen LogP contribution is -2.38. The smallest absolute Gasteiger partial charge is 0.257 e. The molecule has 1 rings (SSSR count). The molecule has 1 N–H and O–H groups in total. The van der Waals surface area contributed by atoms with E-state index in [2.05, 4.69) is 0 Å². The lowest BCUT2D eigenvalue weighted by atomic mass is 10.1. The summed E-state index contributed by atoms with van der Waals surface area (Å²) in [6.07, 6.45) is 2.79. The highest BCUT2D eigenvalue weighted by molar-refractivity contribution is 7.98. The van der Waals surface area contributed by atoms with Crippen molar-refractivity contribution in [2.24, 2.45) is 0 Å². The number of rotatable bonds is 5. The summed E-state index contributed by atoms with van der Waals surface area (Å²) in [5, 5.41) is 9.62. The van der Waals surface area contributed by atoms with E-state index >= 15 is 0 Å². The van der Waals surface area contributed by atoms with Crippen LogP contribution >= 0.6 is 11.8 Å². The summed E-state index contributed by atoms with van der Waals surface area (Å²) >= 11 is 1.65. The maximum absolute atomic E-state index is 13.1. The van der Waals surface area contributed by atoms with Crippen molar-refractivity contribution in [1.82, 2.24) is 4.90 Å². The normalized spacial score (nSPS) is 12.2. The molecule has 0 bridgehead atoms. The van der Waals surface area contributed by atoms with Crippen molar-refractivity contribution in [3.05, 3.63) is 29.6 Å². The second-order valence-corrected chi connectivity index (χ2v) is 5.01. The summed E-state index contributed by atoms with van der Waals surface area (Å²) < 4.78 is 13.1. The third kappa shape index (κ3) is 3.38. The zero-order valence-electron chi connectivity index (χ0n) is 10.8. The van der Waals surface area contributed by atoms with Gasteiger partial charge in [-0.3, -0.25) is 4.79 Å². The number of phenols is 1. The molecule has 100 valence electrons. The fourth-order valence-corrected chi connectivity index (χ4v) is 2.58. The summed E-state index contributed by atoms with van der Waals surface area (Å²) in [5.41, 5.74) is 0.0112. The highest BCUT2D eigenvalue weighted by atomic mass is 32.2. The molecule has 1 aromatic carbocycles. The number of hydrogen-bond donors (Lipinski definition) is 1. The van der Waals surface area contributed by atoms with Gasteiger partial charge in [-0.1, -0.05) is 6.92 Å². The number of phenolic OH excluding ortho intramolecular Hbond substituents is 1. The molecule has 1 amide bonds. The fraction of sp³-hybridized carbons (Fsp3) is 0.462. The molecule has 0 aliphatic carbocycles. The molecule has 1 unspecified atom stereocenters. The molecule has 0 aliphatic rings. The molecule has 0 saturated heterocycles. The minimum atomic E-state index is -0.525. The third-order valence-electron chi connectivity index (χ3n) is 2.89. The van der Waals surface area contributed by atoms with Crippen LogP contribution in [0.25, 0.3) is 0 Å². The maximum atomic E-state index is 13.1. The predicted molar refractivity (Wildman–Crippen MR) is 72.6 cm³/mol. The quantitative estimate of drug-likeness (QED) is 0.895. The van der Waals surface area contributed by atoms with E-state index < -0.39 is 5.82 Å². The van der Waals surface area contributed by atoms with Crippen LogP contribution in [-0.2, 0) is 0 Å². The molecule has 0 radical (unpaired) electrons. The summed E-state index contributed by atoms with van der Waals surface area (Å²) in [7, 11) is 1.68. The number of carbonyl (C=O) groups excluding carboxylic acids is 1. The van der Waals surface area contributed by atoms with Gasteiger partial charge in [0.05, 0.1) is 5.56 Å². The van der Waals surface area contributed by atoms with Gasteiger partial charge < -0.3 is 10.0 Å². The number of thioether (sulfide) groups is 1. The average molecular weight is 271 g/mol. The van der Waals surface area contributed by atoms with E-state index in [1.54, 1.807) is 23.7 Å². The van der Waals surface area contributed by atoms with Crippen molar-refractivity contribution >= 4 is 17.7 Å². The van der Waals surface area contributed by atoms with E-state index in [-0.39, 0.29) is 23.3 Å². The van der Waals surface area contributed by atoms with E-state index in [4.69, 9.17) is 0 Å².